The summed E-state index contributed by atoms with van der Waals surface area (Å²) < 4.78 is 2.30. The lowest BCUT2D eigenvalue weighted by molar-refractivity contribution is 0.603. The minimum absolute atomic E-state index is 0.856. The molecule has 3 nitrogen and oxygen atoms in total. The van der Waals surface area contributed by atoms with E-state index < -0.39 is 0 Å². The molecular formula is C10H19N3. The zero-order chi connectivity index (χ0) is 9.84. The molecule has 0 bridgehead atoms. The van der Waals surface area contributed by atoms with Gasteiger partial charge in [0.2, 0.25) is 0 Å². The van der Waals surface area contributed by atoms with Crippen molar-refractivity contribution in [2.45, 2.75) is 40.3 Å². The fourth-order valence-electron chi connectivity index (χ4n) is 1.54. The van der Waals surface area contributed by atoms with Crippen LogP contribution >= 0.6 is 0 Å². The van der Waals surface area contributed by atoms with Crippen LogP contribution in [0.2, 0.25) is 0 Å². The molecule has 74 valence electrons. The van der Waals surface area contributed by atoms with Gasteiger partial charge < -0.3 is 9.88 Å². The van der Waals surface area contributed by atoms with Gasteiger partial charge in [-0.15, -0.1) is 0 Å². The van der Waals surface area contributed by atoms with E-state index in [4.69, 9.17) is 0 Å². The molecule has 1 heterocycles. The zero-order valence-electron chi connectivity index (χ0n) is 9.02. The average Bonchev–Trinajstić information content (AvgIpc) is 2.34. The Bertz CT molecular complexity index is 276. The third kappa shape index (κ3) is 2.10. The van der Waals surface area contributed by atoms with Gasteiger partial charge in [0.1, 0.15) is 5.82 Å². The molecule has 0 spiro atoms. The molecule has 0 fully saturated rings. The van der Waals surface area contributed by atoms with Gasteiger partial charge in [0.15, 0.2) is 0 Å². The third-order valence-electron chi connectivity index (χ3n) is 2.32. The number of nitrogens with zero attached hydrogens (tertiary/aromatic N) is 2. The van der Waals surface area contributed by atoms with Crippen LogP contribution in [0.15, 0.2) is 0 Å². The number of nitrogens with one attached hydrogen (secondary N) is 1. The molecule has 0 atom stereocenters. The van der Waals surface area contributed by atoms with Crippen molar-refractivity contribution in [3.63, 3.8) is 0 Å². The fraction of sp³-hybridized carbons (Fsp3) is 0.700. The van der Waals surface area contributed by atoms with Crippen molar-refractivity contribution >= 4 is 0 Å². The highest BCUT2D eigenvalue weighted by Gasteiger charge is 2.08. The minimum atomic E-state index is 0.856. The van der Waals surface area contributed by atoms with Crippen LogP contribution in [0, 0.1) is 13.8 Å². The van der Waals surface area contributed by atoms with Crippen LogP contribution in [-0.2, 0) is 13.1 Å². The second-order valence-corrected chi connectivity index (χ2v) is 3.38. The van der Waals surface area contributed by atoms with E-state index in [1.54, 1.807) is 0 Å². The Labute approximate surface area is 80.2 Å². The van der Waals surface area contributed by atoms with E-state index in [0.29, 0.717) is 0 Å². The Kier molecular flexibility index (Phi) is 3.48. The van der Waals surface area contributed by atoms with Crippen LogP contribution in [0.5, 0.6) is 0 Å². The third-order valence-corrected chi connectivity index (χ3v) is 2.32. The van der Waals surface area contributed by atoms with Gasteiger partial charge in [-0.05, 0) is 27.3 Å². The molecule has 1 N–H and O–H groups in total. The van der Waals surface area contributed by atoms with Gasteiger partial charge in [-0.3, -0.25) is 0 Å². The Morgan fingerprint density at radius 1 is 1.38 bits per heavy atom. The quantitative estimate of drug-likeness (QED) is 0.765. The number of imidazole rings is 1. The van der Waals surface area contributed by atoms with Crippen molar-refractivity contribution in [1.29, 1.82) is 0 Å². The molecule has 0 saturated heterocycles. The molecule has 13 heavy (non-hydrogen) atoms. The molecule has 1 rings (SSSR count). The largest absolute Gasteiger partial charge is 0.331 e. The molecule has 0 saturated carbocycles. The van der Waals surface area contributed by atoms with E-state index in [0.717, 1.165) is 31.0 Å². The number of rotatable bonds is 4. The summed E-state index contributed by atoms with van der Waals surface area (Å²) in [7, 11) is 1.95. The summed E-state index contributed by atoms with van der Waals surface area (Å²) in [5, 5.41) is 3.14. The van der Waals surface area contributed by atoms with Crippen molar-refractivity contribution in [3.8, 4) is 0 Å². The van der Waals surface area contributed by atoms with E-state index in [-0.39, 0.29) is 0 Å². The van der Waals surface area contributed by atoms with Gasteiger partial charge in [0.25, 0.3) is 0 Å². The maximum atomic E-state index is 4.52. The SMILES string of the molecule is CCCn1c(CNC)nc(C)c1C. The Morgan fingerprint density at radius 2 is 2.08 bits per heavy atom. The standard InChI is InChI=1S/C10H19N3/c1-5-6-13-9(3)8(2)12-10(13)7-11-4/h11H,5-7H2,1-4H3. The minimum Gasteiger partial charge on any atom is -0.331 e. The van der Waals surface area contributed by atoms with Gasteiger partial charge in [-0.1, -0.05) is 6.92 Å². The lowest BCUT2D eigenvalue weighted by Crippen LogP contribution is -2.13. The second kappa shape index (κ2) is 4.42. The average molecular weight is 181 g/mol. The predicted octanol–water partition coefficient (Wildman–Crippen LogP) is 1.63. The summed E-state index contributed by atoms with van der Waals surface area (Å²) in [6.45, 7) is 8.33. The molecule has 0 aliphatic carbocycles. The summed E-state index contributed by atoms with van der Waals surface area (Å²) >= 11 is 0. The van der Waals surface area contributed by atoms with E-state index in [9.17, 15) is 0 Å². The van der Waals surface area contributed by atoms with Gasteiger partial charge in [-0.25, -0.2) is 4.98 Å². The molecule has 0 unspecified atom stereocenters. The van der Waals surface area contributed by atoms with E-state index in [1.165, 1.54) is 5.69 Å². The highest BCUT2D eigenvalue weighted by atomic mass is 15.1. The highest BCUT2D eigenvalue weighted by molar-refractivity contribution is 5.14. The van der Waals surface area contributed by atoms with Gasteiger partial charge in [0.05, 0.1) is 12.2 Å². The predicted molar refractivity (Wildman–Crippen MR) is 54.8 cm³/mol. The van der Waals surface area contributed by atoms with Crippen LogP contribution in [-0.4, -0.2) is 16.6 Å². The summed E-state index contributed by atoms with van der Waals surface area (Å²) in [5.74, 6) is 1.15. The van der Waals surface area contributed by atoms with Crippen LogP contribution < -0.4 is 5.32 Å². The summed E-state index contributed by atoms with van der Waals surface area (Å²) in [5.41, 5.74) is 2.45. The van der Waals surface area contributed by atoms with Gasteiger partial charge in [-0.2, -0.15) is 0 Å². The second-order valence-electron chi connectivity index (χ2n) is 3.38. The van der Waals surface area contributed by atoms with E-state index in [2.05, 4.69) is 35.6 Å². The molecule has 1 aromatic heterocycles. The Hall–Kier alpha value is -0.830. The van der Waals surface area contributed by atoms with Gasteiger partial charge >= 0.3 is 0 Å². The number of aromatic nitrogens is 2. The number of aryl methyl sites for hydroxylation is 1. The summed E-state index contributed by atoms with van der Waals surface area (Å²) in [6.07, 6.45) is 1.16. The van der Waals surface area contributed by atoms with Crippen LogP contribution in [0.4, 0.5) is 0 Å². The fourth-order valence-corrected chi connectivity index (χ4v) is 1.54. The topological polar surface area (TPSA) is 29.9 Å². The van der Waals surface area contributed by atoms with Crippen LogP contribution in [0.25, 0.3) is 0 Å². The molecule has 0 aromatic carbocycles. The monoisotopic (exact) mass is 181 g/mol. The summed E-state index contributed by atoms with van der Waals surface area (Å²) in [4.78, 5) is 4.52. The van der Waals surface area contributed by atoms with Crippen LogP contribution in [0.1, 0.15) is 30.6 Å². The van der Waals surface area contributed by atoms with E-state index in [1.807, 2.05) is 7.05 Å². The van der Waals surface area contributed by atoms with Crippen molar-refractivity contribution in [1.82, 2.24) is 14.9 Å². The molecule has 1 aromatic rings. The molecule has 0 aliphatic rings. The maximum Gasteiger partial charge on any atom is 0.123 e. The Balaban J connectivity index is 2.96. The van der Waals surface area contributed by atoms with Gasteiger partial charge in [0, 0.05) is 12.2 Å². The van der Waals surface area contributed by atoms with Crippen molar-refractivity contribution in [3.05, 3.63) is 17.2 Å². The highest BCUT2D eigenvalue weighted by Crippen LogP contribution is 2.10. The normalized spacial score (nSPS) is 10.8. The molecule has 0 radical (unpaired) electrons. The first kappa shape index (κ1) is 10.3. The molecule has 0 aliphatic heterocycles. The molecule has 3 heteroatoms. The first-order valence-corrected chi connectivity index (χ1v) is 4.87. The first-order chi connectivity index (χ1) is 6.20. The zero-order valence-corrected chi connectivity index (χ0v) is 9.02. The lowest BCUT2D eigenvalue weighted by Gasteiger charge is -2.07. The summed E-state index contributed by atoms with van der Waals surface area (Å²) in [6, 6.07) is 0. The molecule has 0 amide bonds. The van der Waals surface area contributed by atoms with Crippen molar-refractivity contribution in [2.24, 2.45) is 0 Å². The Morgan fingerprint density at radius 3 is 2.62 bits per heavy atom. The van der Waals surface area contributed by atoms with Crippen LogP contribution in [0.3, 0.4) is 0 Å². The molecular weight excluding hydrogens is 162 g/mol. The maximum absolute atomic E-state index is 4.52. The number of hydrogen-bond acceptors (Lipinski definition) is 2. The lowest BCUT2D eigenvalue weighted by atomic mass is 10.3. The number of hydrogen-bond donors (Lipinski definition) is 1. The smallest absolute Gasteiger partial charge is 0.123 e. The van der Waals surface area contributed by atoms with E-state index >= 15 is 0 Å². The first-order valence-electron chi connectivity index (χ1n) is 4.87. The van der Waals surface area contributed by atoms with Crippen molar-refractivity contribution < 1.29 is 0 Å². The van der Waals surface area contributed by atoms with Crippen molar-refractivity contribution in [2.75, 3.05) is 7.05 Å².